The van der Waals surface area contributed by atoms with Crippen LogP contribution in [0.2, 0.25) is 0 Å². The molecule has 142 valence electrons. The summed E-state index contributed by atoms with van der Waals surface area (Å²) < 4.78 is 11.6. The molecule has 0 bridgehead atoms. The maximum atomic E-state index is 12.4. The molecule has 1 atom stereocenters. The molecule has 0 spiro atoms. The van der Waals surface area contributed by atoms with Crippen LogP contribution in [0.4, 0.5) is 0 Å². The number of aryl methyl sites for hydroxylation is 2. The molecule has 7 heteroatoms. The number of amides is 1. The van der Waals surface area contributed by atoms with Crippen LogP contribution in [0, 0.1) is 13.8 Å². The minimum absolute atomic E-state index is 0.0392. The molecule has 1 saturated heterocycles. The quantitative estimate of drug-likeness (QED) is 0.744. The van der Waals surface area contributed by atoms with Crippen molar-refractivity contribution in [3.05, 3.63) is 35.2 Å². The number of carbonyl (C=O) groups is 1. The third-order valence-corrected chi connectivity index (χ3v) is 5.38. The Morgan fingerprint density at radius 2 is 2.15 bits per heavy atom. The number of aromatic nitrogens is 2. The molecular weight excluding hydrogens is 344 g/mol. The van der Waals surface area contributed by atoms with Gasteiger partial charge in [0.2, 0.25) is 0 Å². The second kappa shape index (κ2) is 7.15. The van der Waals surface area contributed by atoms with Crippen molar-refractivity contribution in [1.82, 2.24) is 20.4 Å². The Morgan fingerprint density at radius 1 is 1.30 bits per heavy atom. The van der Waals surface area contributed by atoms with Gasteiger partial charge in [0.15, 0.2) is 5.76 Å². The second-order valence-electron chi connectivity index (χ2n) is 7.05. The average molecular weight is 368 g/mol. The highest BCUT2D eigenvalue weighted by atomic mass is 16.4. The third kappa shape index (κ3) is 3.23. The van der Waals surface area contributed by atoms with Crippen LogP contribution in [0.5, 0.6) is 0 Å². The van der Waals surface area contributed by atoms with E-state index in [0.717, 1.165) is 41.6 Å². The zero-order chi connectivity index (χ0) is 19.0. The molecule has 4 rings (SSSR count). The first-order valence-electron chi connectivity index (χ1n) is 9.43. The summed E-state index contributed by atoms with van der Waals surface area (Å²) in [4.78, 5) is 14.8. The van der Waals surface area contributed by atoms with Gasteiger partial charge in [-0.05, 0) is 45.3 Å². The predicted octanol–water partition coefficient (Wildman–Crippen LogP) is 3.31. The van der Waals surface area contributed by atoms with E-state index < -0.39 is 0 Å². The summed E-state index contributed by atoms with van der Waals surface area (Å²) in [6.45, 7) is 8.76. The van der Waals surface area contributed by atoms with E-state index in [1.807, 2.05) is 32.0 Å². The van der Waals surface area contributed by atoms with E-state index in [9.17, 15) is 4.79 Å². The van der Waals surface area contributed by atoms with E-state index in [4.69, 9.17) is 8.83 Å². The van der Waals surface area contributed by atoms with E-state index in [1.165, 1.54) is 6.42 Å². The molecule has 0 aliphatic carbocycles. The van der Waals surface area contributed by atoms with Crippen molar-refractivity contribution >= 4 is 16.9 Å². The number of nitrogens with one attached hydrogen (secondary N) is 1. The number of nitrogens with zero attached hydrogens (tertiary/aromatic N) is 3. The molecule has 1 aliphatic heterocycles. The number of hydrogen-bond donors (Lipinski definition) is 1. The normalized spacial score (nSPS) is 17.7. The fourth-order valence-corrected chi connectivity index (χ4v) is 3.82. The first-order valence-corrected chi connectivity index (χ1v) is 9.43. The number of likely N-dealkylation sites (N-methyl/N-ethyl adjacent to an activating group) is 1. The van der Waals surface area contributed by atoms with Crippen LogP contribution < -0.4 is 5.32 Å². The summed E-state index contributed by atoms with van der Waals surface area (Å²) in [7, 11) is 0. The summed E-state index contributed by atoms with van der Waals surface area (Å²) in [5.74, 6) is 0.354. The van der Waals surface area contributed by atoms with Gasteiger partial charge in [-0.15, -0.1) is 10.2 Å². The first-order chi connectivity index (χ1) is 13.1. The Labute approximate surface area is 157 Å². The van der Waals surface area contributed by atoms with Crippen molar-refractivity contribution in [3.63, 3.8) is 0 Å². The second-order valence-corrected chi connectivity index (χ2v) is 7.05. The highest BCUT2D eigenvalue weighted by Crippen LogP contribution is 2.33. The van der Waals surface area contributed by atoms with E-state index in [0.29, 0.717) is 18.3 Å². The van der Waals surface area contributed by atoms with Crippen LogP contribution >= 0.6 is 0 Å². The highest BCUT2D eigenvalue weighted by molar-refractivity contribution is 5.90. The number of para-hydroxylation sites is 1. The lowest BCUT2D eigenvalue weighted by atomic mass is 10.1. The van der Waals surface area contributed by atoms with Crippen molar-refractivity contribution in [2.45, 2.75) is 39.7 Å². The summed E-state index contributed by atoms with van der Waals surface area (Å²) >= 11 is 0. The van der Waals surface area contributed by atoms with Crippen LogP contribution in [-0.4, -0.2) is 46.7 Å². The number of furan rings is 1. The van der Waals surface area contributed by atoms with Crippen LogP contribution in [0.1, 0.15) is 41.6 Å². The van der Waals surface area contributed by atoms with Gasteiger partial charge in [-0.3, -0.25) is 9.69 Å². The zero-order valence-corrected chi connectivity index (χ0v) is 15.9. The maximum Gasteiger partial charge on any atom is 0.308 e. The Kier molecular flexibility index (Phi) is 4.70. The summed E-state index contributed by atoms with van der Waals surface area (Å²) in [5.41, 5.74) is 2.76. The van der Waals surface area contributed by atoms with Crippen LogP contribution in [0.15, 0.2) is 27.0 Å². The van der Waals surface area contributed by atoms with Crippen molar-refractivity contribution in [2.75, 3.05) is 19.6 Å². The van der Waals surface area contributed by atoms with Gasteiger partial charge in [0.25, 0.3) is 5.89 Å². The van der Waals surface area contributed by atoms with Crippen LogP contribution in [0.25, 0.3) is 22.6 Å². The largest absolute Gasteiger partial charge is 0.450 e. The molecule has 2 aromatic heterocycles. The number of benzene rings is 1. The molecule has 1 N–H and O–H groups in total. The first kappa shape index (κ1) is 17.7. The van der Waals surface area contributed by atoms with Crippen LogP contribution in [-0.2, 0) is 0 Å². The van der Waals surface area contributed by atoms with Gasteiger partial charge < -0.3 is 14.2 Å². The molecule has 0 radical (unpaired) electrons. The lowest BCUT2D eigenvalue weighted by molar-refractivity contribution is 0.0907. The lowest BCUT2D eigenvalue weighted by Crippen LogP contribution is -2.40. The van der Waals surface area contributed by atoms with Gasteiger partial charge in [-0.2, -0.15) is 0 Å². The summed E-state index contributed by atoms with van der Waals surface area (Å²) in [6, 6.07) is 6.35. The minimum Gasteiger partial charge on any atom is -0.450 e. The molecule has 0 unspecified atom stereocenters. The molecule has 0 saturated carbocycles. The SMILES string of the molecule is CCN1CCC[C@@H]1CNC(=O)c1nnc(-c2oc3c(C)cccc3c2C)o1. The standard InChI is InChI=1S/C20H24N4O3/c1-4-24-10-6-8-14(24)11-21-18(25)20-23-22-19(27-20)17-13(3)15-9-5-7-12(2)16(15)26-17/h5,7,9,14H,4,6,8,10-11H2,1-3H3,(H,21,25)/t14-/m1/s1. The molecule has 7 nitrogen and oxygen atoms in total. The van der Waals surface area contributed by atoms with Crippen molar-refractivity contribution < 1.29 is 13.6 Å². The van der Waals surface area contributed by atoms with Crippen molar-refractivity contribution in [1.29, 1.82) is 0 Å². The smallest absolute Gasteiger partial charge is 0.308 e. The Hall–Kier alpha value is -2.67. The molecule has 27 heavy (non-hydrogen) atoms. The number of likely N-dealkylation sites (tertiary alicyclic amines) is 1. The monoisotopic (exact) mass is 368 g/mol. The fraction of sp³-hybridized carbons (Fsp3) is 0.450. The molecule has 1 fully saturated rings. The van der Waals surface area contributed by atoms with E-state index in [2.05, 4.69) is 27.3 Å². The molecular formula is C20H24N4O3. The maximum absolute atomic E-state index is 12.4. The number of rotatable bonds is 5. The highest BCUT2D eigenvalue weighted by Gasteiger charge is 2.25. The molecule has 1 amide bonds. The molecule has 1 aliphatic rings. The van der Waals surface area contributed by atoms with Crippen LogP contribution in [0.3, 0.4) is 0 Å². The summed E-state index contributed by atoms with van der Waals surface area (Å²) in [6.07, 6.45) is 2.27. The van der Waals surface area contributed by atoms with E-state index in [-0.39, 0.29) is 17.7 Å². The van der Waals surface area contributed by atoms with Gasteiger partial charge in [-0.1, -0.05) is 25.1 Å². The fourth-order valence-electron chi connectivity index (χ4n) is 3.82. The van der Waals surface area contributed by atoms with Gasteiger partial charge in [0, 0.05) is 23.5 Å². The number of carbonyl (C=O) groups excluding carboxylic acids is 1. The lowest BCUT2D eigenvalue weighted by Gasteiger charge is -2.22. The molecule has 3 aromatic rings. The number of hydrogen-bond acceptors (Lipinski definition) is 6. The molecule has 3 heterocycles. The van der Waals surface area contributed by atoms with Gasteiger partial charge in [0.05, 0.1) is 0 Å². The van der Waals surface area contributed by atoms with Gasteiger partial charge in [0.1, 0.15) is 5.58 Å². The topological polar surface area (TPSA) is 84.4 Å². The zero-order valence-electron chi connectivity index (χ0n) is 15.9. The van der Waals surface area contributed by atoms with Crippen molar-refractivity contribution in [2.24, 2.45) is 0 Å². The predicted molar refractivity (Wildman–Crippen MR) is 102 cm³/mol. The average Bonchev–Trinajstić information content (AvgIpc) is 3.39. The Morgan fingerprint density at radius 3 is 2.93 bits per heavy atom. The summed E-state index contributed by atoms with van der Waals surface area (Å²) in [5, 5.41) is 11.9. The third-order valence-electron chi connectivity index (χ3n) is 5.38. The van der Waals surface area contributed by atoms with E-state index >= 15 is 0 Å². The molecule has 1 aromatic carbocycles. The Balaban J connectivity index is 1.51. The number of fused-ring (bicyclic) bond motifs is 1. The Bertz CT molecular complexity index is 975. The minimum atomic E-state index is -0.346. The van der Waals surface area contributed by atoms with Gasteiger partial charge in [-0.25, -0.2) is 0 Å². The van der Waals surface area contributed by atoms with Crippen molar-refractivity contribution in [3.8, 4) is 11.7 Å². The van der Waals surface area contributed by atoms with Gasteiger partial charge >= 0.3 is 11.8 Å². The van der Waals surface area contributed by atoms with E-state index in [1.54, 1.807) is 0 Å².